The Hall–Kier alpha value is -2.53. The third-order valence-electron chi connectivity index (χ3n) is 4.73. The fourth-order valence-corrected chi connectivity index (χ4v) is 3.28. The minimum atomic E-state index is -0.464. The predicted octanol–water partition coefficient (Wildman–Crippen LogP) is 4.09. The molecule has 0 aliphatic heterocycles. The zero-order valence-electron chi connectivity index (χ0n) is 17.1. The third-order valence-corrected chi connectivity index (χ3v) is 4.99. The molecule has 0 unspecified atom stereocenters. The molecule has 0 radical (unpaired) electrons. The lowest BCUT2D eigenvalue weighted by molar-refractivity contribution is -0.140. The summed E-state index contributed by atoms with van der Waals surface area (Å²) in [5.74, 6) is 0.557. The summed E-state index contributed by atoms with van der Waals surface area (Å²) in [6, 6.07) is 16.7. The Bertz CT molecular complexity index is 765. The molecule has 0 aliphatic carbocycles. The molecule has 0 heterocycles. The summed E-state index contributed by atoms with van der Waals surface area (Å²) in [6.45, 7) is 2.86. The smallest absolute Gasteiger partial charge is 0.242 e. The van der Waals surface area contributed by atoms with E-state index in [9.17, 15) is 9.59 Å². The first-order valence-corrected chi connectivity index (χ1v) is 10.4. The minimum absolute atomic E-state index is 0.0314. The van der Waals surface area contributed by atoms with Crippen LogP contribution in [0.4, 0.5) is 0 Å². The van der Waals surface area contributed by atoms with E-state index in [1.54, 1.807) is 36.2 Å². The SMILES string of the molecule is CC[C@H](C(=O)NC)N(CCc1ccccc1)C(=O)CCCOc1ccc(Cl)cc1. The van der Waals surface area contributed by atoms with Crippen molar-refractivity contribution in [3.05, 3.63) is 65.2 Å². The maximum absolute atomic E-state index is 12.9. The molecule has 5 nitrogen and oxygen atoms in total. The molecule has 0 aliphatic rings. The lowest BCUT2D eigenvalue weighted by atomic mass is 10.1. The number of hydrogen-bond donors (Lipinski definition) is 1. The van der Waals surface area contributed by atoms with Gasteiger partial charge in [-0.25, -0.2) is 0 Å². The van der Waals surface area contributed by atoms with Gasteiger partial charge in [0.05, 0.1) is 6.61 Å². The number of rotatable bonds is 11. The van der Waals surface area contributed by atoms with Crippen molar-refractivity contribution in [1.82, 2.24) is 10.2 Å². The molecule has 2 aromatic carbocycles. The maximum Gasteiger partial charge on any atom is 0.242 e. The van der Waals surface area contributed by atoms with Gasteiger partial charge in [-0.1, -0.05) is 48.9 Å². The minimum Gasteiger partial charge on any atom is -0.494 e. The van der Waals surface area contributed by atoms with Gasteiger partial charge >= 0.3 is 0 Å². The monoisotopic (exact) mass is 416 g/mol. The van der Waals surface area contributed by atoms with Crippen molar-refractivity contribution >= 4 is 23.4 Å². The van der Waals surface area contributed by atoms with Crippen molar-refractivity contribution in [3.8, 4) is 5.75 Å². The maximum atomic E-state index is 12.9. The third kappa shape index (κ3) is 7.42. The summed E-state index contributed by atoms with van der Waals surface area (Å²) in [6.07, 6.45) is 2.19. The van der Waals surface area contributed by atoms with Crippen LogP contribution in [0.1, 0.15) is 31.7 Å². The molecule has 0 saturated heterocycles. The van der Waals surface area contributed by atoms with Gasteiger partial charge in [0.25, 0.3) is 0 Å². The first-order valence-electron chi connectivity index (χ1n) is 9.98. The molecule has 0 spiro atoms. The number of benzene rings is 2. The predicted molar refractivity (Wildman–Crippen MR) is 116 cm³/mol. The second-order valence-corrected chi connectivity index (χ2v) is 7.20. The molecule has 6 heteroatoms. The van der Waals surface area contributed by atoms with Crippen LogP contribution in [0.5, 0.6) is 5.75 Å². The highest BCUT2D eigenvalue weighted by atomic mass is 35.5. The molecular formula is C23H29ClN2O3. The number of amides is 2. The van der Waals surface area contributed by atoms with Crippen LogP contribution >= 0.6 is 11.6 Å². The van der Waals surface area contributed by atoms with Gasteiger partial charge in [-0.2, -0.15) is 0 Å². The molecule has 0 bridgehead atoms. The van der Waals surface area contributed by atoms with Crippen molar-refractivity contribution in [3.63, 3.8) is 0 Å². The Morgan fingerprint density at radius 1 is 1.10 bits per heavy atom. The van der Waals surface area contributed by atoms with Gasteiger partial charge in [-0.3, -0.25) is 9.59 Å². The number of halogens is 1. The lowest BCUT2D eigenvalue weighted by Gasteiger charge is -2.30. The molecule has 29 heavy (non-hydrogen) atoms. The molecule has 1 atom stereocenters. The van der Waals surface area contributed by atoms with Crippen molar-refractivity contribution < 1.29 is 14.3 Å². The average molecular weight is 417 g/mol. The van der Waals surface area contributed by atoms with E-state index in [1.807, 2.05) is 37.3 Å². The van der Waals surface area contributed by atoms with Crippen LogP contribution < -0.4 is 10.1 Å². The second-order valence-electron chi connectivity index (χ2n) is 6.77. The molecule has 2 aromatic rings. The van der Waals surface area contributed by atoms with Crippen LogP contribution in [0.3, 0.4) is 0 Å². The van der Waals surface area contributed by atoms with Crippen LogP contribution in [-0.2, 0) is 16.0 Å². The Morgan fingerprint density at radius 2 is 1.79 bits per heavy atom. The first kappa shape index (κ1) is 22.8. The van der Waals surface area contributed by atoms with Gasteiger partial charge in [0.1, 0.15) is 11.8 Å². The van der Waals surface area contributed by atoms with Gasteiger partial charge in [-0.15, -0.1) is 0 Å². The van der Waals surface area contributed by atoms with E-state index in [4.69, 9.17) is 16.3 Å². The number of nitrogens with zero attached hydrogens (tertiary/aromatic N) is 1. The Balaban J connectivity index is 1.93. The Labute approximate surface area is 178 Å². The van der Waals surface area contributed by atoms with E-state index in [1.165, 1.54) is 0 Å². The van der Waals surface area contributed by atoms with Crippen molar-refractivity contribution in [2.75, 3.05) is 20.2 Å². The molecule has 156 valence electrons. The molecule has 0 saturated carbocycles. The first-order chi connectivity index (χ1) is 14.0. The summed E-state index contributed by atoms with van der Waals surface area (Å²) in [7, 11) is 1.60. The summed E-state index contributed by atoms with van der Waals surface area (Å²) >= 11 is 5.87. The molecule has 2 rings (SSSR count). The van der Waals surface area contributed by atoms with Gasteiger partial charge in [0.15, 0.2) is 0 Å². The van der Waals surface area contributed by atoms with Gasteiger partial charge in [0.2, 0.25) is 11.8 Å². The normalized spacial score (nSPS) is 11.6. The number of hydrogen-bond acceptors (Lipinski definition) is 3. The summed E-state index contributed by atoms with van der Waals surface area (Å²) in [5.41, 5.74) is 1.14. The van der Waals surface area contributed by atoms with E-state index in [0.29, 0.717) is 43.9 Å². The molecule has 1 N–H and O–H groups in total. The number of likely N-dealkylation sites (N-methyl/N-ethyl adjacent to an activating group) is 1. The molecule has 2 amide bonds. The summed E-state index contributed by atoms with van der Waals surface area (Å²) < 4.78 is 5.67. The number of nitrogens with one attached hydrogen (secondary N) is 1. The largest absolute Gasteiger partial charge is 0.494 e. The van der Waals surface area contributed by atoms with Gasteiger partial charge < -0.3 is 15.0 Å². The van der Waals surface area contributed by atoms with E-state index < -0.39 is 6.04 Å². The second kappa shape index (κ2) is 12.1. The lowest BCUT2D eigenvalue weighted by Crippen LogP contribution is -2.49. The fourth-order valence-electron chi connectivity index (χ4n) is 3.15. The van der Waals surface area contributed by atoms with Crippen molar-refractivity contribution in [2.45, 2.75) is 38.6 Å². The highest BCUT2D eigenvalue weighted by Gasteiger charge is 2.27. The number of ether oxygens (including phenoxy) is 1. The van der Waals surface area contributed by atoms with Crippen LogP contribution in [0.2, 0.25) is 5.02 Å². The van der Waals surface area contributed by atoms with E-state index >= 15 is 0 Å². The molecular weight excluding hydrogens is 388 g/mol. The van der Waals surface area contributed by atoms with Crippen LogP contribution in [0, 0.1) is 0 Å². The highest BCUT2D eigenvalue weighted by molar-refractivity contribution is 6.30. The topological polar surface area (TPSA) is 58.6 Å². The van der Waals surface area contributed by atoms with Crippen LogP contribution in [0.15, 0.2) is 54.6 Å². The standard InChI is InChI=1S/C23H29ClN2O3/c1-3-21(23(28)25-2)26(16-15-18-8-5-4-6-9-18)22(27)10-7-17-29-20-13-11-19(24)12-14-20/h4-6,8-9,11-14,21H,3,7,10,15-17H2,1-2H3,(H,25,28)/t21-/m1/s1. The van der Waals surface area contributed by atoms with Crippen molar-refractivity contribution in [2.24, 2.45) is 0 Å². The Kier molecular flexibility index (Phi) is 9.51. The van der Waals surface area contributed by atoms with Crippen molar-refractivity contribution in [1.29, 1.82) is 0 Å². The summed E-state index contributed by atoms with van der Waals surface area (Å²) in [4.78, 5) is 26.9. The highest BCUT2D eigenvalue weighted by Crippen LogP contribution is 2.16. The number of carbonyl (C=O) groups excluding carboxylic acids is 2. The van der Waals surface area contributed by atoms with Crippen LogP contribution in [0.25, 0.3) is 0 Å². The molecule has 0 aromatic heterocycles. The zero-order valence-corrected chi connectivity index (χ0v) is 17.8. The van der Waals surface area contributed by atoms with E-state index in [-0.39, 0.29) is 11.8 Å². The van der Waals surface area contributed by atoms with E-state index in [0.717, 1.165) is 11.3 Å². The van der Waals surface area contributed by atoms with Crippen LogP contribution in [-0.4, -0.2) is 43.0 Å². The quantitative estimate of drug-likeness (QED) is 0.561. The van der Waals surface area contributed by atoms with Gasteiger partial charge in [0, 0.05) is 25.0 Å². The molecule has 0 fully saturated rings. The number of carbonyl (C=O) groups is 2. The Morgan fingerprint density at radius 3 is 2.41 bits per heavy atom. The van der Waals surface area contributed by atoms with E-state index in [2.05, 4.69) is 5.32 Å². The van der Waals surface area contributed by atoms with Gasteiger partial charge in [-0.05, 0) is 49.1 Å². The average Bonchev–Trinajstić information content (AvgIpc) is 2.75. The fraction of sp³-hybridized carbons (Fsp3) is 0.391. The summed E-state index contributed by atoms with van der Waals surface area (Å²) in [5, 5.41) is 3.33. The zero-order chi connectivity index (χ0) is 21.1.